The largest absolute Gasteiger partial charge is 0.348 e. The van der Waals surface area contributed by atoms with Gasteiger partial charge in [0.05, 0.1) is 13.1 Å². The van der Waals surface area contributed by atoms with Gasteiger partial charge in [-0.2, -0.15) is 0 Å². The van der Waals surface area contributed by atoms with Gasteiger partial charge >= 0.3 is 0 Å². The number of aryl methyl sites for hydroxylation is 2. The minimum atomic E-state index is 0.206. The Hall–Kier alpha value is -1.96. The molecule has 2 aromatic heterocycles. The van der Waals surface area contributed by atoms with E-state index in [9.17, 15) is 9.59 Å². The van der Waals surface area contributed by atoms with Gasteiger partial charge in [-0.15, -0.1) is 11.3 Å². The first-order valence-corrected chi connectivity index (χ1v) is 13.3. The van der Waals surface area contributed by atoms with E-state index in [0.717, 1.165) is 75.5 Å². The van der Waals surface area contributed by atoms with Gasteiger partial charge in [0.15, 0.2) is 5.78 Å². The summed E-state index contributed by atoms with van der Waals surface area (Å²) in [5.74, 6) is 0.471. The average Bonchev–Trinajstić information content (AvgIpc) is 3.42. The van der Waals surface area contributed by atoms with Crippen molar-refractivity contribution in [2.75, 3.05) is 45.8 Å². The maximum atomic E-state index is 13.1. The van der Waals surface area contributed by atoms with Crippen molar-refractivity contribution >= 4 is 23.0 Å². The van der Waals surface area contributed by atoms with Crippen LogP contribution in [0.4, 0.5) is 0 Å². The zero-order chi connectivity index (χ0) is 23.4. The third-order valence-electron chi connectivity index (χ3n) is 7.35. The van der Waals surface area contributed by atoms with Crippen LogP contribution in [-0.4, -0.2) is 82.8 Å². The molecule has 0 aliphatic carbocycles. The molecule has 0 bridgehead atoms. The van der Waals surface area contributed by atoms with E-state index in [-0.39, 0.29) is 11.7 Å². The summed E-state index contributed by atoms with van der Waals surface area (Å²) in [6.45, 7) is 12.5. The van der Waals surface area contributed by atoms with Gasteiger partial charge in [0, 0.05) is 67.1 Å². The van der Waals surface area contributed by atoms with Crippen LogP contribution in [0, 0.1) is 13.8 Å². The third kappa shape index (κ3) is 5.94. The van der Waals surface area contributed by atoms with Crippen molar-refractivity contribution in [3.05, 3.63) is 45.4 Å². The number of likely N-dealkylation sites (tertiary alicyclic amines) is 1. The summed E-state index contributed by atoms with van der Waals surface area (Å²) in [5.41, 5.74) is 3.09. The summed E-state index contributed by atoms with van der Waals surface area (Å²) in [5, 5.41) is 2.11. The molecule has 1 unspecified atom stereocenters. The van der Waals surface area contributed by atoms with E-state index >= 15 is 0 Å². The second-order valence-corrected chi connectivity index (χ2v) is 10.7. The monoisotopic (exact) mass is 470 g/mol. The zero-order valence-electron chi connectivity index (χ0n) is 20.4. The molecule has 6 nitrogen and oxygen atoms in total. The molecule has 2 fully saturated rings. The lowest BCUT2D eigenvalue weighted by atomic mass is 10.0. The van der Waals surface area contributed by atoms with Crippen molar-refractivity contribution in [2.24, 2.45) is 0 Å². The van der Waals surface area contributed by atoms with Gasteiger partial charge in [-0.05, 0) is 64.0 Å². The number of hydrogen-bond donors (Lipinski definition) is 0. The first-order valence-electron chi connectivity index (χ1n) is 12.4. The van der Waals surface area contributed by atoms with Gasteiger partial charge in [-0.3, -0.25) is 19.4 Å². The Morgan fingerprint density at radius 2 is 1.76 bits per heavy atom. The molecule has 2 aliphatic heterocycles. The van der Waals surface area contributed by atoms with E-state index in [4.69, 9.17) is 0 Å². The number of carbonyl (C=O) groups is 2. The highest BCUT2D eigenvalue weighted by molar-refractivity contribution is 7.09. The van der Waals surface area contributed by atoms with Crippen molar-refractivity contribution in [1.82, 2.24) is 19.3 Å². The Morgan fingerprint density at radius 3 is 2.42 bits per heavy atom. The summed E-state index contributed by atoms with van der Waals surface area (Å²) in [6.07, 6.45) is 4.48. The zero-order valence-corrected chi connectivity index (χ0v) is 21.2. The first kappa shape index (κ1) is 24.2. The highest BCUT2D eigenvalue weighted by Crippen LogP contribution is 2.20. The van der Waals surface area contributed by atoms with Crippen molar-refractivity contribution in [3.63, 3.8) is 0 Å². The number of amides is 1. The molecule has 0 spiro atoms. The SMILES string of the molecule is Cc1cc(C(=O)CN2CCN(CC(=O)N3CCCCC3C)CC2)c(C)n1CCc1cccs1. The van der Waals surface area contributed by atoms with Crippen molar-refractivity contribution in [3.8, 4) is 0 Å². The number of rotatable bonds is 8. The van der Waals surface area contributed by atoms with Crippen molar-refractivity contribution < 1.29 is 9.59 Å². The molecule has 2 aromatic rings. The van der Waals surface area contributed by atoms with Crippen LogP contribution in [-0.2, 0) is 17.8 Å². The van der Waals surface area contributed by atoms with Crippen LogP contribution >= 0.6 is 11.3 Å². The Bertz CT molecular complexity index is 944. The predicted molar refractivity (Wildman–Crippen MR) is 134 cm³/mol. The van der Waals surface area contributed by atoms with E-state index in [2.05, 4.69) is 63.6 Å². The van der Waals surface area contributed by atoms with Gasteiger partial charge in [-0.25, -0.2) is 0 Å². The highest BCUT2D eigenvalue weighted by atomic mass is 32.1. The molecule has 0 aromatic carbocycles. The lowest BCUT2D eigenvalue weighted by Gasteiger charge is -2.37. The van der Waals surface area contributed by atoms with Crippen LogP contribution in [0.5, 0.6) is 0 Å². The van der Waals surface area contributed by atoms with Gasteiger partial charge in [0.25, 0.3) is 0 Å². The number of thiophene rings is 1. The second kappa shape index (κ2) is 11.0. The number of piperazine rings is 1. The molecule has 1 atom stereocenters. The maximum absolute atomic E-state index is 13.1. The molecule has 0 N–H and O–H groups in total. The molecule has 4 rings (SSSR count). The van der Waals surface area contributed by atoms with E-state index in [1.807, 2.05) is 0 Å². The number of nitrogens with zero attached hydrogens (tertiary/aromatic N) is 4. The predicted octanol–water partition coefficient (Wildman–Crippen LogP) is 3.61. The lowest BCUT2D eigenvalue weighted by Crippen LogP contribution is -2.52. The quantitative estimate of drug-likeness (QED) is 0.553. The second-order valence-electron chi connectivity index (χ2n) is 9.67. The van der Waals surface area contributed by atoms with Crippen LogP contribution in [0.1, 0.15) is 52.8 Å². The molecular weight excluding hydrogens is 432 g/mol. The van der Waals surface area contributed by atoms with Crippen LogP contribution in [0.25, 0.3) is 0 Å². The molecule has 0 saturated carbocycles. The standard InChI is InChI=1S/C26H38N4O2S/c1-20-7-4-5-10-30(20)26(32)19-28-14-12-27(13-15-28)18-25(31)24-17-21(2)29(22(24)3)11-9-23-8-6-16-33-23/h6,8,16-17,20H,4-5,7,9-15,18-19H2,1-3H3. The molecule has 33 heavy (non-hydrogen) atoms. The molecule has 2 aliphatic rings. The van der Waals surface area contributed by atoms with Gasteiger partial charge < -0.3 is 9.47 Å². The number of hydrogen-bond acceptors (Lipinski definition) is 5. The molecule has 0 radical (unpaired) electrons. The summed E-state index contributed by atoms with van der Waals surface area (Å²) in [6, 6.07) is 6.69. The average molecular weight is 471 g/mol. The van der Waals surface area contributed by atoms with E-state index in [1.165, 1.54) is 11.3 Å². The first-order chi connectivity index (χ1) is 15.9. The van der Waals surface area contributed by atoms with Crippen molar-refractivity contribution in [2.45, 2.75) is 59.0 Å². The number of piperidine rings is 1. The highest BCUT2D eigenvalue weighted by Gasteiger charge is 2.27. The number of Topliss-reactive ketones (excluding diaryl/α,β-unsaturated/α-hetero) is 1. The third-order valence-corrected chi connectivity index (χ3v) is 8.29. The fourth-order valence-electron chi connectivity index (χ4n) is 5.25. The van der Waals surface area contributed by atoms with E-state index in [1.54, 1.807) is 11.3 Å². The van der Waals surface area contributed by atoms with E-state index in [0.29, 0.717) is 19.1 Å². The van der Waals surface area contributed by atoms with Gasteiger partial charge in [-0.1, -0.05) is 6.07 Å². The Balaban J connectivity index is 1.26. The van der Waals surface area contributed by atoms with Crippen LogP contribution < -0.4 is 0 Å². The molecular formula is C26H38N4O2S. The fourth-order valence-corrected chi connectivity index (χ4v) is 5.95. The summed E-state index contributed by atoms with van der Waals surface area (Å²) >= 11 is 1.79. The Kier molecular flexibility index (Phi) is 8.04. The number of aromatic nitrogens is 1. The fraction of sp³-hybridized carbons (Fsp3) is 0.615. The summed E-state index contributed by atoms with van der Waals surface area (Å²) < 4.78 is 2.28. The lowest BCUT2D eigenvalue weighted by molar-refractivity contribution is -0.136. The number of carbonyl (C=O) groups excluding carboxylic acids is 2. The topological polar surface area (TPSA) is 48.8 Å². The van der Waals surface area contributed by atoms with Crippen molar-refractivity contribution in [1.29, 1.82) is 0 Å². The van der Waals surface area contributed by atoms with Crippen LogP contribution in [0.15, 0.2) is 23.6 Å². The van der Waals surface area contributed by atoms with Gasteiger partial charge in [0.2, 0.25) is 5.91 Å². The minimum absolute atomic E-state index is 0.206. The maximum Gasteiger partial charge on any atom is 0.236 e. The Labute approximate surface area is 202 Å². The van der Waals surface area contributed by atoms with E-state index < -0.39 is 0 Å². The molecule has 2 saturated heterocycles. The summed E-state index contributed by atoms with van der Waals surface area (Å²) in [4.78, 5) is 33.8. The normalized spacial score (nSPS) is 20.3. The number of ketones is 1. The molecule has 180 valence electrons. The van der Waals surface area contributed by atoms with Crippen LogP contribution in [0.3, 0.4) is 0 Å². The summed E-state index contributed by atoms with van der Waals surface area (Å²) in [7, 11) is 0. The molecule has 1 amide bonds. The molecule has 4 heterocycles. The van der Waals surface area contributed by atoms with Gasteiger partial charge in [0.1, 0.15) is 0 Å². The Morgan fingerprint density at radius 1 is 1.03 bits per heavy atom. The smallest absolute Gasteiger partial charge is 0.236 e. The molecule has 7 heteroatoms. The minimum Gasteiger partial charge on any atom is -0.348 e. The van der Waals surface area contributed by atoms with Crippen LogP contribution in [0.2, 0.25) is 0 Å².